The lowest BCUT2D eigenvalue weighted by Crippen LogP contribution is -2.38. The summed E-state index contributed by atoms with van der Waals surface area (Å²) in [6, 6.07) is 22.1. The Morgan fingerprint density at radius 3 is 2.72 bits per heavy atom. The molecule has 1 unspecified atom stereocenters. The molecule has 1 saturated heterocycles. The molecule has 3 aromatic rings. The van der Waals surface area contributed by atoms with Gasteiger partial charge in [0.2, 0.25) is 5.91 Å². The molecule has 2 aromatic carbocycles. The van der Waals surface area contributed by atoms with Crippen LogP contribution in [0.1, 0.15) is 17.5 Å². The number of nitrogens with one attached hydrogen (secondary N) is 1. The fourth-order valence-corrected chi connectivity index (χ4v) is 4.14. The van der Waals surface area contributed by atoms with Crippen LogP contribution in [0.5, 0.6) is 5.75 Å². The number of carbonyl (C=O) groups is 1. The standard InChI is InChI=1S/C26H30N4O2/c1-32-23-5-2-4-20(16-23)17-26(31)28-22-13-15-30(18-22)14-12-19-8-10-21(11-9-19)24-6-3-7-25(27)29-24/h2-11,16,22H,12-15,17-18H2,1H3,(H2,27,29)(H,28,31). The van der Waals surface area contributed by atoms with Crippen LogP contribution in [0.2, 0.25) is 0 Å². The van der Waals surface area contributed by atoms with Crippen LogP contribution in [0.25, 0.3) is 11.3 Å². The summed E-state index contributed by atoms with van der Waals surface area (Å²) in [4.78, 5) is 19.2. The Labute approximate surface area is 189 Å². The van der Waals surface area contributed by atoms with Crippen molar-refractivity contribution < 1.29 is 9.53 Å². The molecule has 0 saturated carbocycles. The zero-order chi connectivity index (χ0) is 22.3. The van der Waals surface area contributed by atoms with Gasteiger partial charge in [-0.05, 0) is 48.2 Å². The molecule has 1 aliphatic rings. The van der Waals surface area contributed by atoms with Crippen LogP contribution in [-0.4, -0.2) is 48.6 Å². The molecular formula is C26H30N4O2. The number of rotatable bonds is 8. The smallest absolute Gasteiger partial charge is 0.224 e. The lowest BCUT2D eigenvalue weighted by Gasteiger charge is -2.17. The number of carbonyl (C=O) groups excluding carboxylic acids is 1. The number of anilines is 1. The summed E-state index contributed by atoms with van der Waals surface area (Å²) in [5, 5.41) is 3.18. The average molecular weight is 431 g/mol. The fraction of sp³-hybridized carbons (Fsp3) is 0.308. The van der Waals surface area contributed by atoms with E-state index in [2.05, 4.69) is 39.5 Å². The van der Waals surface area contributed by atoms with E-state index in [1.165, 1.54) is 5.56 Å². The van der Waals surface area contributed by atoms with Crippen LogP contribution >= 0.6 is 0 Å². The number of nitrogen functional groups attached to an aromatic ring is 1. The Bertz CT molecular complexity index is 1050. The van der Waals surface area contributed by atoms with E-state index in [4.69, 9.17) is 10.5 Å². The Morgan fingerprint density at radius 1 is 1.12 bits per heavy atom. The van der Waals surface area contributed by atoms with Crippen molar-refractivity contribution in [3.8, 4) is 17.0 Å². The third kappa shape index (κ3) is 5.86. The molecule has 2 heterocycles. The highest BCUT2D eigenvalue weighted by molar-refractivity contribution is 5.79. The van der Waals surface area contributed by atoms with Gasteiger partial charge in [0.05, 0.1) is 19.2 Å². The van der Waals surface area contributed by atoms with Gasteiger partial charge in [-0.2, -0.15) is 0 Å². The van der Waals surface area contributed by atoms with Gasteiger partial charge >= 0.3 is 0 Å². The van der Waals surface area contributed by atoms with Gasteiger partial charge in [0.15, 0.2) is 0 Å². The molecule has 0 bridgehead atoms. The summed E-state index contributed by atoms with van der Waals surface area (Å²) in [6.45, 7) is 2.89. The number of nitrogens with two attached hydrogens (primary N) is 1. The molecule has 0 spiro atoms. The summed E-state index contributed by atoms with van der Waals surface area (Å²) in [6.07, 6.45) is 2.35. The van der Waals surface area contributed by atoms with Crippen LogP contribution in [0.15, 0.2) is 66.7 Å². The third-order valence-electron chi connectivity index (χ3n) is 5.87. The van der Waals surface area contributed by atoms with Crippen molar-refractivity contribution in [1.29, 1.82) is 0 Å². The largest absolute Gasteiger partial charge is 0.497 e. The van der Waals surface area contributed by atoms with Gasteiger partial charge in [0, 0.05) is 31.2 Å². The molecule has 32 heavy (non-hydrogen) atoms. The predicted octanol–water partition coefficient (Wildman–Crippen LogP) is 3.32. The highest BCUT2D eigenvalue weighted by Crippen LogP contribution is 2.19. The number of methoxy groups -OCH3 is 1. The predicted molar refractivity (Wildman–Crippen MR) is 127 cm³/mol. The fourth-order valence-electron chi connectivity index (χ4n) is 4.14. The van der Waals surface area contributed by atoms with Gasteiger partial charge in [0.1, 0.15) is 11.6 Å². The van der Waals surface area contributed by atoms with E-state index < -0.39 is 0 Å². The second kappa shape index (κ2) is 10.3. The Kier molecular flexibility index (Phi) is 7.02. The first-order valence-corrected chi connectivity index (χ1v) is 11.1. The Morgan fingerprint density at radius 2 is 1.94 bits per heavy atom. The second-order valence-electron chi connectivity index (χ2n) is 8.28. The van der Waals surface area contributed by atoms with Crippen LogP contribution in [0.3, 0.4) is 0 Å². The van der Waals surface area contributed by atoms with Crippen molar-refractivity contribution in [3.63, 3.8) is 0 Å². The van der Waals surface area contributed by atoms with Crippen molar-refractivity contribution >= 4 is 11.7 Å². The zero-order valence-corrected chi connectivity index (χ0v) is 18.5. The maximum atomic E-state index is 12.4. The molecule has 1 aliphatic heterocycles. The number of pyridine rings is 1. The van der Waals surface area contributed by atoms with Gasteiger partial charge in [-0.3, -0.25) is 4.79 Å². The monoisotopic (exact) mass is 430 g/mol. The molecule has 1 amide bonds. The number of ether oxygens (including phenoxy) is 1. The van der Waals surface area contributed by atoms with E-state index in [0.717, 1.165) is 55.0 Å². The van der Waals surface area contributed by atoms with Crippen molar-refractivity contribution in [2.24, 2.45) is 0 Å². The number of benzene rings is 2. The first-order valence-electron chi connectivity index (χ1n) is 11.1. The minimum absolute atomic E-state index is 0.0656. The summed E-state index contributed by atoms with van der Waals surface area (Å²) in [7, 11) is 1.64. The molecule has 6 heteroatoms. The number of likely N-dealkylation sites (tertiary alicyclic amines) is 1. The van der Waals surface area contributed by atoms with E-state index >= 15 is 0 Å². The SMILES string of the molecule is COc1cccc(CC(=O)NC2CCN(CCc3ccc(-c4cccc(N)n4)cc3)C2)c1. The highest BCUT2D eigenvalue weighted by atomic mass is 16.5. The third-order valence-corrected chi connectivity index (χ3v) is 5.87. The lowest BCUT2D eigenvalue weighted by molar-refractivity contribution is -0.121. The maximum Gasteiger partial charge on any atom is 0.224 e. The Hall–Kier alpha value is -3.38. The summed E-state index contributed by atoms with van der Waals surface area (Å²) < 4.78 is 5.23. The molecule has 0 radical (unpaired) electrons. The summed E-state index contributed by atoms with van der Waals surface area (Å²) in [5.41, 5.74) is 10.0. The minimum Gasteiger partial charge on any atom is -0.497 e. The zero-order valence-electron chi connectivity index (χ0n) is 18.5. The molecule has 6 nitrogen and oxygen atoms in total. The molecule has 4 rings (SSSR count). The number of aromatic nitrogens is 1. The number of hydrogen-bond donors (Lipinski definition) is 2. The Balaban J connectivity index is 1.22. The topological polar surface area (TPSA) is 80.5 Å². The number of hydrogen-bond acceptors (Lipinski definition) is 5. The van der Waals surface area contributed by atoms with Crippen molar-refractivity contribution in [2.75, 3.05) is 32.5 Å². The molecule has 3 N–H and O–H groups in total. The van der Waals surface area contributed by atoms with E-state index in [1.807, 2.05) is 36.4 Å². The van der Waals surface area contributed by atoms with Gasteiger partial charge in [-0.15, -0.1) is 0 Å². The number of amides is 1. The van der Waals surface area contributed by atoms with E-state index in [0.29, 0.717) is 12.2 Å². The molecule has 1 fully saturated rings. The summed E-state index contributed by atoms with van der Waals surface area (Å²) >= 11 is 0. The normalized spacial score (nSPS) is 16.1. The second-order valence-corrected chi connectivity index (χ2v) is 8.28. The average Bonchev–Trinajstić information content (AvgIpc) is 3.25. The van der Waals surface area contributed by atoms with Crippen molar-refractivity contribution in [2.45, 2.75) is 25.3 Å². The molecule has 1 atom stereocenters. The van der Waals surface area contributed by atoms with Gasteiger partial charge in [-0.1, -0.05) is 42.5 Å². The van der Waals surface area contributed by atoms with Crippen LogP contribution in [-0.2, 0) is 17.6 Å². The molecular weight excluding hydrogens is 400 g/mol. The van der Waals surface area contributed by atoms with E-state index in [-0.39, 0.29) is 11.9 Å². The van der Waals surface area contributed by atoms with Gasteiger partial charge in [0.25, 0.3) is 0 Å². The quantitative estimate of drug-likeness (QED) is 0.573. The van der Waals surface area contributed by atoms with E-state index in [9.17, 15) is 4.79 Å². The van der Waals surface area contributed by atoms with Crippen LogP contribution in [0, 0.1) is 0 Å². The van der Waals surface area contributed by atoms with Gasteiger partial charge < -0.3 is 20.7 Å². The van der Waals surface area contributed by atoms with Crippen molar-refractivity contribution in [3.05, 3.63) is 77.9 Å². The minimum atomic E-state index is 0.0656. The van der Waals surface area contributed by atoms with Gasteiger partial charge in [-0.25, -0.2) is 4.98 Å². The van der Waals surface area contributed by atoms with Crippen LogP contribution in [0.4, 0.5) is 5.82 Å². The molecule has 1 aromatic heterocycles. The van der Waals surface area contributed by atoms with E-state index in [1.54, 1.807) is 13.2 Å². The summed E-state index contributed by atoms with van der Waals surface area (Å²) in [5.74, 6) is 1.38. The van der Waals surface area contributed by atoms with Crippen molar-refractivity contribution in [1.82, 2.24) is 15.2 Å². The first-order chi connectivity index (χ1) is 15.6. The van der Waals surface area contributed by atoms with Crippen LogP contribution < -0.4 is 15.8 Å². The lowest BCUT2D eigenvalue weighted by atomic mass is 10.1. The number of nitrogens with zero attached hydrogens (tertiary/aromatic N) is 2. The first kappa shape index (κ1) is 21.8. The molecule has 0 aliphatic carbocycles. The highest BCUT2D eigenvalue weighted by Gasteiger charge is 2.23. The maximum absolute atomic E-state index is 12.4. The molecule has 166 valence electrons.